The minimum absolute atomic E-state index is 0.734. The summed E-state index contributed by atoms with van der Waals surface area (Å²) >= 11 is 8.07. The maximum atomic E-state index is 6.23. The maximum Gasteiger partial charge on any atom is 0.0640 e. The van der Waals surface area contributed by atoms with Crippen LogP contribution in [0.1, 0.15) is 0 Å². The van der Waals surface area contributed by atoms with Crippen LogP contribution in [0.4, 0.5) is 17.1 Å². The van der Waals surface area contributed by atoms with Crippen molar-refractivity contribution in [1.29, 1.82) is 0 Å². The van der Waals surface area contributed by atoms with Crippen molar-refractivity contribution in [2.24, 2.45) is 0 Å². The average Bonchev–Trinajstić information content (AvgIpc) is 3.26. The van der Waals surface area contributed by atoms with E-state index in [1.165, 1.54) is 37.0 Å². The fourth-order valence-electron chi connectivity index (χ4n) is 4.36. The lowest BCUT2D eigenvalue weighted by Gasteiger charge is -2.26. The fourth-order valence-corrected chi connectivity index (χ4v) is 5.69. The van der Waals surface area contributed by atoms with Crippen LogP contribution < -0.4 is 4.90 Å². The molecule has 0 aliphatic rings. The van der Waals surface area contributed by atoms with Crippen LogP contribution in [0.2, 0.25) is 5.02 Å². The predicted molar refractivity (Wildman–Crippen MR) is 144 cm³/mol. The number of thiophene rings is 1. The van der Waals surface area contributed by atoms with Crippen LogP contribution in [0.3, 0.4) is 0 Å². The van der Waals surface area contributed by atoms with Gasteiger partial charge in [-0.25, -0.2) is 0 Å². The van der Waals surface area contributed by atoms with Crippen LogP contribution in [-0.2, 0) is 0 Å². The van der Waals surface area contributed by atoms with Gasteiger partial charge < -0.3 is 4.90 Å². The second kappa shape index (κ2) is 8.40. The van der Waals surface area contributed by atoms with Gasteiger partial charge in [0.2, 0.25) is 0 Å². The largest absolute Gasteiger partial charge is 0.309 e. The van der Waals surface area contributed by atoms with Crippen molar-refractivity contribution >= 4 is 60.2 Å². The van der Waals surface area contributed by atoms with E-state index in [1.807, 2.05) is 29.5 Å². The molecule has 1 heterocycles. The highest BCUT2D eigenvalue weighted by molar-refractivity contribution is 7.26. The van der Waals surface area contributed by atoms with Crippen molar-refractivity contribution in [3.8, 4) is 11.1 Å². The van der Waals surface area contributed by atoms with Gasteiger partial charge in [-0.2, -0.15) is 0 Å². The number of benzene rings is 5. The maximum absolute atomic E-state index is 6.23. The first-order valence-corrected chi connectivity index (χ1v) is 12.1. The molecule has 0 radical (unpaired) electrons. The summed E-state index contributed by atoms with van der Waals surface area (Å²) in [5.41, 5.74) is 5.78. The average molecular weight is 462 g/mol. The Morgan fingerprint density at radius 1 is 0.515 bits per heavy atom. The standard InChI is InChI=1S/C30H20ClNS/c31-23-15-19-25(20-16-23)32(24-17-13-22(14-18-24)21-7-2-1-3-8-21)28-11-6-10-27-26-9-4-5-12-29(26)33-30(27)28/h1-20H. The zero-order valence-corrected chi connectivity index (χ0v) is 19.4. The molecule has 1 aromatic heterocycles. The Kier molecular flexibility index (Phi) is 5.10. The van der Waals surface area contributed by atoms with Gasteiger partial charge in [0.25, 0.3) is 0 Å². The van der Waals surface area contributed by atoms with Crippen LogP contribution >= 0.6 is 22.9 Å². The van der Waals surface area contributed by atoms with E-state index >= 15 is 0 Å². The van der Waals surface area contributed by atoms with Gasteiger partial charge in [0.05, 0.1) is 10.4 Å². The van der Waals surface area contributed by atoms with Crippen LogP contribution in [0.5, 0.6) is 0 Å². The quantitative estimate of drug-likeness (QED) is 0.252. The van der Waals surface area contributed by atoms with Crippen molar-refractivity contribution in [2.45, 2.75) is 0 Å². The third-order valence-corrected chi connectivity index (χ3v) is 7.40. The molecule has 5 aromatic carbocycles. The second-order valence-electron chi connectivity index (χ2n) is 7.98. The second-order valence-corrected chi connectivity index (χ2v) is 9.47. The van der Waals surface area contributed by atoms with Gasteiger partial charge in [0, 0.05) is 31.9 Å². The Labute approximate surface area is 202 Å². The lowest BCUT2D eigenvalue weighted by molar-refractivity contribution is 1.30. The van der Waals surface area contributed by atoms with Gasteiger partial charge in [-0.1, -0.05) is 84.4 Å². The van der Waals surface area contributed by atoms with Crippen molar-refractivity contribution in [2.75, 3.05) is 4.90 Å². The van der Waals surface area contributed by atoms with E-state index in [1.54, 1.807) is 0 Å². The van der Waals surface area contributed by atoms with Gasteiger partial charge in [0.15, 0.2) is 0 Å². The molecular formula is C30H20ClNS. The van der Waals surface area contributed by atoms with Gasteiger partial charge in [-0.3, -0.25) is 0 Å². The zero-order valence-electron chi connectivity index (χ0n) is 17.8. The van der Waals surface area contributed by atoms with Crippen molar-refractivity contribution < 1.29 is 0 Å². The fraction of sp³-hybridized carbons (Fsp3) is 0. The van der Waals surface area contributed by atoms with Crippen LogP contribution in [0.25, 0.3) is 31.3 Å². The van der Waals surface area contributed by atoms with E-state index < -0.39 is 0 Å². The molecule has 0 fully saturated rings. The molecule has 1 nitrogen and oxygen atoms in total. The number of rotatable bonds is 4. The SMILES string of the molecule is Clc1ccc(N(c2ccc(-c3ccccc3)cc2)c2cccc3c2sc2ccccc23)cc1. The van der Waals surface area contributed by atoms with Crippen LogP contribution in [0.15, 0.2) is 121 Å². The molecule has 0 aliphatic carbocycles. The molecule has 0 unspecified atom stereocenters. The summed E-state index contributed by atoms with van der Waals surface area (Å²) in [6.45, 7) is 0. The minimum Gasteiger partial charge on any atom is -0.309 e. The van der Waals surface area contributed by atoms with E-state index in [-0.39, 0.29) is 0 Å². The summed E-state index contributed by atoms with van der Waals surface area (Å²) in [6.07, 6.45) is 0. The molecule has 0 atom stereocenters. The summed E-state index contributed by atoms with van der Waals surface area (Å²) in [5, 5.41) is 3.32. The lowest BCUT2D eigenvalue weighted by Crippen LogP contribution is -2.09. The Morgan fingerprint density at radius 3 is 1.88 bits per heavy atom. The summed E-state index contributed by atoms with van der Waals surface area (Å²) in [6, 6.07) is 42.5. The molecular weight excluding hydrogens is 442 g/mol. The normalized spacial score (nSPS) is 11.2. The van der Waals surface area contributed by atoms with Gasteiger partial charge in [-0.15, -0.1) is 11.3 Å². The monoisotopic (exact) mass is 461 g/mol. The van der Waals surface area contributed by atoms with E-state index in [0.29, 0.717) is 0 Å². The molecule has 6 rings (SSSR count). The number of hydrogen-bond acceptors (Lipinski definition) is 2. The number of halogens is 1. The highest BCUT2D eigenvalue weighted by Gasteiger charge is 2.17. The zero-order chi connectivity index (χ0) is 22.2. The molecule has 0 amide bonds. The minimum atomic E-state index is 0.734. The van der Waals surface area contributed by atoms with Gasteiger partial charge >= 0.3 is 0 Å². The summed E-state index contributed by atoms with van der Waals surface area (Å²) in [4.78, 5) is 2.32. The Morgan fingerprint density at radius 2 is 1.12 bits per heavy atom. The number of hydrogen-bond donors (Lipinski definition) is 0. The number of fused-ring (bicyclic) bond motifs is 3. The molecule has 3 heteroatoms. The number of nitrogens with zero attached hydrogens (tertiary/aromatic N) is 1. The van der Waals surface area contributed by atoms with Crippen molar-refractivity contribution in [3.63, 3.8) is 0 Å². The summed E-state index contributed by atoms with van der Waals surface area (Å²) < 4.78 is 2.58. The Bertz CT molecular complexity index is 1550. The van der Waals surface area contributed by atoms with Gasteiger partial charge in [-0.05, 0) is 59.7 Å². The van der Waals surface area contributed by atoms with Crippen LogP contribution in [-0.4, -0.2) is 0 Å². The molecule has 0 aliphatic heterocycles. The lowest BCUT2D eigenvalue weighted by atomic mass is 10.0. The predicted octanol–water partition coefficient (Wildman–Crippen LogP) is 9.84. The van der Waals surface area contributed by atoms with E-state index in [0.717, 1.165) is 16.4 Å². The van der Waals surface area contributed by atoms with Crippen molar-refractivity contribution in [1.82, 2.24) is 0 Å². The molecule has 0 saturated carbocycles. The smallest absolute Gasteiger partial charge is 0.0640 e. The third kappa shape index (κ3) is 3.68. The summed E-state index contributed by atoms with van der Waals surface area (Å²) in [7, 11) is 0. The summed E-state index contributed by atoms with van der Waals surface area (Å²) in [5.74, 6) is 0. The Hall–Kier alpha value is -3.59. The molecule has 158 valence electrons. The van der Waals surface area contributed by atoms with Crippen molar-refractivity contribution in [3.05, 3.63) is 126 Å². The number of anilines is 3. The van der Waals surface area contributed by atoms with Crippen LogP contribution in [0, 0.1) is 0 Å². The Balaban J connectivity index is 1.54. The molecule has 0 saturated heterocycles. The first-order valence-electron chi connectivity index (χ1n) is 10.9. The van der Waals surface area contributed by atoms with E-state index in [9.17, 15) is 0 Å². The molecule has 0 bridgehead atoms. The molecule has 6 aromatic rings. The third-order valence-electron chi connectivity index (χ3n) is 5.94. The van der Waals surface area contributed by atoms with Gasteiger partial charge in [0.1, 0.15) is 0 Å². The molecule has 0 spiro atoms. The topological polar surface area (TPSA) is 3.24 Å². The first-order chi connectivity index (χ1) is 16.3. The highest BCUT2D eigenvalue weighted by atomic mass is 35.5. The highest BCUT2D eigenvalue weighted by Crippen LogP contribution is 2.44. The molecule has 0 N–H and O–H groups in total. The van der Waals surface area contributed by atoms with E-state index in [4.69, 9.17) is 11.6 Å². The van der Waals surface area contributed by atoms with E-state index in [2.05, 4.69) is 108 Å². The first kappa shape index (κ1) is 20.0. The molecule has 33 heavy (non-hydrogen) atoms.